The molecule has 1 heterocycles. The van der Waals surface area contributed by atoms with Crippen LogP contribution in [0.1, 0.15) is 5.56 Å². The van der Waals surface area contributed by atoms with Gasteiger partial charge in [-0.15, -0.1) is 0 Å². The van der Waals surface area contributed by atoms with E-state index < -0.39 is 17.8 Å². The van der Waals surface area contributed by atoms with Crippen molar-refractivity contribution in [2.45, 2.75) is 6.18 Å². The van der Waals surface area contributed by atoms with Crippen molar-refractivity contribution in [1.82, 2.24) is 4.98 Å². The fourth-order valence-electron chi connectivity index (χ4n) is 2.51. The Hall–Kier alpha value is -3.89. The summed E-state index contributed by atoms with van der Waals surface area (Å²) >= 11 is 0. The molecule has 2 amide bonds. The number of aromatic nitrogens is 1. The molecule has 0 spiro atoms. The summed E-state index contributed by atoms with van der Waals surface area (Å²) in [6.45, 7) is 0. The summed E-state index contributed by atoms with van der Waals surface area (Å²) in [6.07, 6.45) is -3.08. The van der Waals surface area contributed by atoms with E-state index >= 15 is 0 Å². The molecule has 0 saturated carbocycles. The van der Waals surface area contributed by atoms with Gasteiger partial charge in [0.15, 0.2) is 11.5 Å². The zero-order valence-electron chi connectivity index (χ0n) is 16.0. The summed E-state index contributed by atoms with van der Waals surface area (Å²) in [5, 5.41) is 0.565. The molecule has 0 aliphatic heterocycles. The molecule has 0 radical (unpaired) electrons. The van der Waals surface area contributed by atoms with Crippen LogP contribution in [-0.2, 0) is 6.18 Å². The third-order valence-electron chi connectivity index (χ3n) is 3.76. The normalized spacial score (nSPS) is 10.7. The van der Waals surface area contributed by atoms with Gasteiger partial charge in [0.1, 0.15) is 11.5 Å². The standard InChI is InChI=1S/C18H15F3N2O3.CH4N2O/c1-24-16-8-11-14(9-17(16)25-2)23-6-5-15(11)26-10-3-4-13(22)12(7-10)18(19,20)21;2-1(3)4/h3-9H,22H2,1-2H3;(H4,2,3,4). The van der Waals surface area contributed by atoms with Crippen LogP contribution in [0.25, 0.3) is 10.9 Å². The van der Waals surface area contributed by atoms with E-state index in [-0.39, 0.29) is 11.4 Å². The third-order valence-corrected chi connectivity index (χ3v) is 3.76. The van der Waals surface area contributed by atoms with Gasteiger partial charge in [0.25, 0.3) is 0 Å². The van der Waals surface area contributed by atoms with Crippen molar-refractivity contribution in [3.8, 4) is 23.0 Å². The Balaban J connectivity index is 0.000000735. The van der Waals surface area contributed by atoms with Gasteiger partial charge in [-0.25, -0.2) is 4.79 Å². The van der Waals surface area contributed by atoms with Crippen LogP contribution in [0, 0.1) is 0 Å². The van der Waals surface area contributed by atoms with E-state index in [0.29, 0.717) is 28.2 Å². The first-order valence-electron chi connectivity index (χ1n) is 8.27. The number of carbonyl (C=O) groups is 1. The van der Waals surface area contributed by atoms with Crippen LogP contribution in [-0.4, -0.2) is 25.2 Å². The fourth-order valence-corrected chi connectivity index (χ4v) is 2.51. The van der Waals surface area contributed by atoms with Crippen LogP contribution in [0.4, 0.5) is 23.7 Å². The highest BCUT2D eigenvalue weighted by molar-refractivity contribution is 5.88. The molecule has 0 bridgehead atoms. The Bertz CT molecular complexity index is 1050. The van der Waals surface area contributed by atoms with E-state index in [2.05, 4.69) is 16.5 Å². The highest BCUT2D eigenvalue weighted by atomic mass is 19.4. The molecule has 0 unspecified atom stereocenters. The average molecular weight is 424 g/mol. The van der Waals surface area contributed by atoms with Crippen LogP contribution in [0.2, 0.25) is 0 Å². The van der Waals surface area contributed by atoms with Crippen molar-refractivity contribution >= 4 is 22.6 Å². The first-order chi connectivity index (χ1) is 14.1. The predicted octanol–water partition coefficient (Wildman–Crippen LogP) is 3.67. The number of anilines is 1. The second-order valence-electron chi connectivity index (χ2n) is 5.78. The molecule has 0 fully saturated rings. The molecule has 0 aliphatic rings. The Labute approximate surface area is 169 Å². The summed E-state index contributed by atoms with van der Waals surface area (Å²) in [6, 6.07) is 7.42. The third kappa shape index (κ3) is 5.34. The van der Waals surface area contributed by atoms with Gasteiger partial charge in [-0.3, -0.25) is 4.98 Å². The average Bonchev–Trinajstić information content (AvgIpc) is 2.67. The molecular formula is C19H19F3N4O4. The van der Waals surface area contributed by atoms with Gasteiger partial charge < -0.3 is 31.4 Å². The quantitative estimate of drug-likeness (QED) is 0.547. The molecule has 2 aromatic carbocycles. The van der Waals surface area contributed by atoms with Crippen LogP contribution in [0.5, 0.6) is 23.0 Å². The van der Waals surface area contributed by atoms with Crippen LogP contribution in [0.3, 0.4) is 0 Å². The van der Waals surface area contributed by atoms with E-state index in [1.165, 1.54) is 26.5 Å². The molecule has 30 heavy (non-hydrogen) atoms. The van der Waals surface area contributed by atoms with Gasteiger partial charge in [-0.05, 0) is 30.3 Å². The van der Waals surface area contributed by atoms with E-state index in [1.807, 2.05) is 0 Å². The van der Waals surface area contributed by atoms with Crippen molar-refractivity contribution in [3.05, 3.63) is 48.2 Å². The van der Waals surface area contributed by atoms with Gasteiger partial charge in [0, 0.05) is 23.3 Å². The number of hydrogen-bond acceptors (Lipinski definition) is 6. The summed E-state index contributed by atoms with van der Waals surface area (Å²) in [5.41, 5.74) is 13.1. The number of rotatable bonds is 4. The topological polar surface area (TPSA) is 136 Å². The number of amides is 2. The van der Waals surface area contributed by atoms with E-state index in [1.54, 1.807) is 18.2 Å². The Morgan fingerprint density at radius 3 is 2.13 bits per heavy atom. The molecule has 0 atom stereocenters. The van der Waals surface area contributed by atoms with Crippen molar-refractivity contribution in [2.24, 2.45) is 11.5 Å². The van der Waals surface area contributed by atoms with E-state index in [9.17, 15) is 13.2 Å². The summed E-state index contributed by atoms with van der Waals surface area (Å²) in [4.78, 5) is 13.2. The number of fused-ring (bicyclic) bond motifs is 1. The first-order valence-corrected chi connectivity index (χ1v) is 8.27. The Morgan fingerprint density at radius 1 is 0.967 bits per heavy atom. The van der Waals surface area contributed by atoms with Crippen LogP contribution < -0.4 is 31.4 Å². The largest absolute Gasteiger partial charge is 0.493 e. The SMILES string of the molecule is COc1cc2nccc(Oc3ccc(N)c(C(F)(F)F)c3)c2cc1OC.NC(N)=O. The highest BCUT2D eigenvalue weighted by Crippen LogP contribution is 2.39. The smallest absolute Gasteiger partial charge is 0.418 e. The van der Waals surface area contributed by atoms with Crippen molar-refractivity contribution in [3.63, 3.8) is 0 Å². The summed E-state index contributed by atoms with van der Waals surface area (Å²) < 4.78 is 55.2. The monoisotopic (exact) mass is 424 g/mol. The lowest BCUT2D eigenvalue weighted by atomic mass is 10.1. The number of ether oxygens (including phenoxy) is 3. The van der Waals surface area contributed by atoms with Gasteiger partial charge in [-0.1, -0.05) is 0 Å². The lowest BCUT2D eigenvalue weighted by molar-refractivity contribution is -0.137. The van der Waals surface area contributed by atoms with Crippen LogP contribution in [0.15, 0.2) is 42.6 Å². The number of halogens is 3. The summed E-state index contributed by atoms with van der Waals surface area (Å²) in [7, 11) is 2.98. The minimum absolute atomic E-state index is 0.00816. The maximum Gasteiger partial charge on any atom is 0.418 e. The van der Waals surface area contributed by atoms with Crippen molar-refractivity contribution < 1.29 is 32.2 Å². The number of urea groups is 1. The molecule has 0 saturated heterocycles. The number of nitrogen functional groups attached to an aromatic ring is 1. The molecule has 1 aromatic heterocycles. The van der Waals surface area contributed by atoms with Gasteiger partial charge in [0.2, 0.25) is 0 Å². The van der Waals surface area contributed by atoms with E-state index in [0.717, 1.165) is 12.1 Å². The number of alkyl halides is 3. The lowest BCUT2D eigenvalue weighted by Gasteiger charge is -2.14. The van der Waals surface area contributed by atoms with Gasteiger partial charge >= 0.3 is 12.2 Å². The molecule has 11 heteroatoms. The first kappa shape index (κ1) is 22.4. The van der Waals surface area contributed by atoms with Gasteiger partial charge in [-0.2, -0.15) is 13.2 Å². The predicted molar refractivity (Wildman–Crippen MR) is 105 cm³/mol. The van der Waals surface area contributed by atoms with Crippen LogP contribution >= 0.6 is 0 Å². The second-order valence-corrected chi connectivity index (χ2v) is 5.78. The number of hydrogen-bond donors (Lipinski definition) is 3. The molecule has 3 rings (SSSR count). The maximum absolute atomic E-state index is 13.0. The van der Waals surface area contributed by atoms with Crippen molar-refractivity contribution in [2.75, 3.05) is 20.0 Å². The lowest BCUT2D eigenvalue weighted by Crippen LogP contribution is -2.18. The molecule has 3 aromatic rings. The number of primary amides is 2. The zero-order chi connectivity index (χ0) is 22.5. The fraction of sp³-hybridized carbons (Fsp3) is 0.158. The minimum atomic E-state index is -4.57. The number of benzene rings is 2. The molecule has 6 N–H and O–H groups in total. The molecule has 0 aliphatic carbocycles. The number of pyridine rings is 1. The molecule has 160 valence electrons. The summed E-state index contributed by atoms with van der Waals surface area (Å²) in [5.74, 6) is 1.27. The number of methoxy groups -OCH3 is 2. The Kier molecular flexibility index (Phi) is 6.77. The number of nitrogens with zero attached hydrogens (tertiary/aromatic N) is 1. The minimum Gasteiger partial charge on any atom is -0.493 e. The molecule has 8 nitrogen and oxygen atoms in total. The van der Waals surface area contributed by atoms with Gasteiger partial charge in [0.05, 0.1) is 25.3 Å². The maximum atomic E-state index is 13.0. The highest BCUT2D eigenvalue weighted by Gasteiger charge is 2.33. The second kappa shape index (κ2) is 9.07. The zero-order valence-corrected chi connectivity index (χ0v) is 16.0. The molecular weight excluding hydrogens is 405 g/mol. The number of carbonyl (C=O) groups excluding carboxylic acids is 1. The number of nitrogens with two attached hydrogens (primary N) is 3. The van der Waals surface area contributed by atoms with E-state index in [4.69, 9.17) is 24.7 Å². The Morgan fingerprint density at radius 2 is 1.57 bits per heavy atom. The van der Waals surface area contributed by atoms with Crippen molar-refractivity contribution in [1.29, 1.82) is 0 Å².